The molecule has 0 aliphatic rings. The smallest absolute Gasteiger partial charge is 0.250 e. The number of hydrogen-bond donors (Lipinski definition) is 2. The first-order valence-corrected chi connectivity index (χ1v) is 7.82. The molecular formula is C18H19ClN2O3. The van der Waals surface area contributed by atoms with E-state index < -0.39 is 0 Å². The van der Waals surface area contributed by atoms with E-state index in [9.17, 15) is 9.59 Å². The second kappa shape index (κ2) is 8.47. The first kappa shape index (κ1) is 18.0. The highest BCUT2D eigenvalue weighted by Crippen LogP contribution is 2.19. The molecule has 0 aliphatic heterocycles. The third kappa shape index (κ3) is 5.68. The fourth-order valence-corrected chi connectivity index (χ4v) is 2.12. The number of hydrogen-bond acceptors (Lipinski definition) is 3. The normalized spacial score (nSPS) is 10.3. The van der Waals surface area contributed by atoms with Crippen LogP contribution in [0.5, 0.6) is 0 Å². The number of rotatable bonds is 6. The Kier molecular flexibility index (Phi) is 6.35. The lowest BCUT2D eigenvalue weighted by Crippen LogP contribution is -2.23. The monoisotopic (exact) mass is 346 g/mol. The molecule has 2 aromatic rings. The van der Waals surface area contributed by atoms with Gasteiger partial charge >= 0.3 is 0 Å². The molecule has 0 saturated carbocycles. The summed E-state index contributed by atoms with van der Waals surface area (Å²) < 4.78 is 5.12. The van der Waals surface area contributed by atoms with Crippen LogP contribution < -0.4 is 10.6 Å². The van der Waals surface area contributed by atoms with Gasteiger partial charge in [-0.15, -0.1) is 0 Å². The SMILES string of the molecule is Cc1ccc(NC(=O)COCC(=O)Nc2ccc(C)c(Cl)c2)cc1. The van der Waals surface area contributed by atoms with Crippen molar-refractivity contribution < 1.29 is 14.3 Å². The number of carbonyl (C=O) groups excluding carboxylic acids is 2. The Bertz CT molecular complexity index is 730. The predicted octanol–water partition coefficient (Wildman–Crippen LogP) is 3.55. The zero-order valence-corrected chi connectivity index (χ0v) is 14.3. The summed E-state index contributed by atoms with van der Waals surface area (Å²) in [7, 11) is 0. The van der Waals surface area contributed by atoms with E-state index in [-0.39, 0.29) is 25.0 Å². The van der Waals surface area contributed by atoms with E-state index in [1.807, 2.05) is 32.0 Å². The Morgan fingerprint density at radius 1 is 0.917 bits per heavy atom. The standard InChI is InChI=1S/C18H19ClN2O3/c1-12-3-6-14(7-4-12)20-17(22)10-24-11-18(23)21-15-8-5-13(2)16(19)9-15/h3-9H,10-11H2,1-2H3,(H,20,22)(H,21,23). The first-order chi connectivity index (χ1) is 11.4. The molecule has 5 nitrogen and oxygen atoms in total. The third-order valence-electron chi connectivity index (χ3n) is 3.26. The number of halogens is 1. The predicted molar refractivity (Wildman–Crippen MR) is 95.4 cm³/mol. The molecule has 24 heavy (non-hydrogen) atoms. The highest BCUT2D eigenvalue weighted by molar-refractivity contribution is 6.31. The summed E-state index contributed by atoms with van der Waals surface area (Å²) in [6.07, 6.45) is 0. The topological polar surface area (TPSA) is 67.4 Å². The number of nitrogens with one attached hydrogen (secondary N) is 2. The van der Waals surface area contributed by atoms with Gasteiger partial charge in [-0.25, -0.2) is 0 Å². The van der Waals surface area contributed by atoms with Gasteiger partial charge < -0.3 is 15.4 Å². The van der Waals surface area contributed by atoms with Gasteiger partial charge in [0.25, 0.3) is 0 Å². The summed E-state index contributed by atoms with van der Waals surface area (Å²) in [6.45, 7) is 3.43. The van der Waals surface area contributed by atoms with Gasteiger partial charge in [-0.1, -0.05) is 35.4 Å². The molecule has 0 bridgehead atoms. The molecule has 0 unspecified atom stereocenters. The van der Waals surface area contributed by atoms with Crippen LogP contribution in [0.1, 0.15) is 11.1 Å². The Balaban J connectivity index is 1.72. The van der Waals surface area contributed by atoms with Crippen LogP contribution in [0, 0.1) is 13.8 Å². The molecule has 2 aromatic carbocycles. The summed E-state index contributed by atoms with van der Waals surface area (Å²) >= 11 is 5.99. The summed E-state index contributed by atoms with van der Waals surface area (Å²) in [6, 6.07) is 12.6. The highest BCUT2D eigenvalue weighted by Gasteiger charge is 2.07. The molecule has 126 valence electrons. The average Bonchev–Trinajstić information content (AvgIpc) is 2.53. The van der Waals surface area contributed by atoms with Gasteiger partial charge in [-0.05, 0) is 43.7 Å². The molecule has 0 aromatic heterocycles. The van der Waals surface area contributed by atoms with Gasteiger partial charge in [0.1, 0.15) is 13.2 Å². The van der Waals surface area contributed by atoms with E-state index in [0.29, 0.717) is 16.4 Å². The summed E-state index contributed by atoms with van der Waals surface area (Å²) in [4.78, 5) is 23.5. The molecule has 2 amide bonds. The Hall–Kier alpha value is -2.37. The molecule has 0 radical (unpaired) electrons. The van der Waals surface area contributed by atoms with Crippen molar-refractivity contribution in [2.24, 2.45) is 0 Å². The van der Waals surface area contributed by atoms with Gasteiger partial charge in [0, 0.05) is 16.4 Å². The lowest BCUT2D eigenvalue weighted by Gasteiger charge is -2.08. The minimum absolute atomic E-state index is 0.198. The second-order valence-corrected chi connectivity index (χ2v) is 5.83. The molecule has 2 rings (SSSR count). The van der Waals surface area contributed by atoms with Crippen LogP contribution in [0.15, 0.2) is 42.5 Å². The number of carbonyl (C=O) groups is 2. The lowest BCUT2D eigenvalue weighted by atomic mass is 10.2. The van der Waals surface area contributed by atoms with E-state index in [2.05, 4.69) is 10.6 Å². The van der Waals surface area contributed by atoms with Crippen molar-refractivity contribution in [3.63, 3.8) is 0 Å². The van der Waals surface area contributed by atoms with Gasteiger partial charge in [0.15, 0.2) is 0 Å². The van der Waals surface area contributed by atoms with Crippen LogP contribution in [0.25, 0.3) is 0 Å². The number of anilines is 2. The minimum atomic E-state index is -0.349. The molecule has 6 heteroatoms. The van der Waals surface area contributed by atoms with Crippen LogP contribution in [0.4, 0.5) is 11.4 Å². The maximum absolute atomic E-state index is 11.8. The third-order valence-corrected chi connectivity index (χ3v) is 3.66. The van der Waals surface area contributed by atoms with Crippen molar-refractivity contribution in [2.45, 2.75) is 13.8 Å². The fraction of sp³-hybridized carbons (Fsp3) is 0.222. The Morgan fingerprint density at radius 3 is 2.04 bits per heavy atom. The van der Waals surface area contributed by atoms with Crippen molar-refractivity contribution in [3.05, 3.63) is 58.6 Å². The molecule has 2 N–H and O–H groups in total. The summed E-state index contributed by atoms with van der Waals surface area (Å²) in [5.41, 5.74) is 3.31. The van der Waals surface area contributed by atoms with E-state index in [1.54, 1.807) is 24.3 Å². The maximum Gasteiger partial charge on any atom is 0.250 e. The van der Waals surface area contributed by atoms with Crippen molar-refractivity contribution >= 4 is 34.8 Å². The van der Waals surface area contributed by atoms with Crippen molar-refractivity contribution in [3.8, 4) is 0 Å². The highest BCUT2D eigenvalue weighted by atomic mass is 35.5. The van der Waals surface area contributed by atoms with Crippen LogP contribution in [0.3, 0.4) is 0 Å². The van der Waals surface area contributed by atoms with E-state index in [0.717, 1.165) is 11.1 Å². The quantitative estimate of drug-likeness (QED) is 0.840. The Morgan fingerprint density at radius 2 is 1.46 bits per heavy atom. The number of amides is 2. The van der Waals surface area contributed by atoms with Crippen LogP contribution in [-0.2, 0) is 14.3 Å². The first-order valence-electron chi connectivity index (χ1n) is 7.44. The largest absolute Gasteiger partial charge is 0.362 e. The molecule has 0 heterocycles. The maximum atomic E-state index is 11.8. The molecular weight excluding hydrogens is 328 g/mol. The van der Waals surface area contributed by atoms with E-state index in [1.165, 1.54) is 0 Å². The van der Waals surface area contributed by atoms with E-state index in [4.69, 9.17) is 16.3 Å². The van der Waals surface area contributed by atoms with Crippen molar-refractivity contribution in [1.82, 2.24) is 0 Å². The molecule has 0 aliphatic carbocycles. The van der Waals surface area contributed by atoms with Crippen LogP contribution >= 0.6 is 11.6 Å². The van der Waals surface area contributed by atoms with Crippen LogP contribution in [-0.4, -0.2) is 25.0 Å². The number of aryl methyl sites for hydroxylation is 2. The van der Waals surface area contributed by atoms with Crippen molar-refractivity contribution in [1.29, 1.82) is 0 Å². The number of benzene rings is 2. The van der Waals surface area contributed by atoms with E-state index >= 15 is 0 Å². The zero-order valence-electron chi connectivity index (χ0n) is 13.6. The second-order valence-electron chi connectivity index (χ2n) is 5.42. The summed E-state index contributed by atoms with van der Waals surface area (Å²) in [5.74, 6) is -0.664. The molecule has 0 saturated heterocycles. The molecule has 0 fully saturated rings. The zero-order chi connectivity index (χ0) is 17.5. The lowest BCUT2D eigenvalue weighted by molar-refractivity contribution is -0.125. The number of ether oxygens (including phenoxy) is 1. The molecule has 0 atom stereocenters. The van der Waals surface area contributed by atoms with Gasteiger partial charge in [-0.3, -0.25) is 9.59 Å². The fourth-order valence-electron chi connectivity index (χ4n) is 1.94. The van der Waals surface area contributed by atoms with Gasteiger partial charge in [0.05, 0.1) is 0 Å². The minimum Gasteiger partial charge on any atom is -0.362 e. The van der Waals surface area contributed by atoms with Crippen LogP contribution in [0.2, 0.25) is 5.02 Å². The van der Waals surface area contributed by atoms with Crippen molar-refractivity contribution in [2.75, 3.05) is 23.8 Å². The van der Waals surface area contributed by atoms with Gasteiger partial charge in [-0.2, -0.15) is 0 Å². The Labute approximate surface area is 146 Å². The molecule has 0 spiro atoms. The average molecular weight is 347 g/mol. The van der Waals surface area contributed by atoms with Gasteiger partial charge in [0.2, 0.25) is 11.8 Å². The summed E-state index contributed by atoms with van der Waals surface area (Å²) in [5, 5.41) is 5.93.